The van der Waals surface area contributed by atoms with Gasteiger partial charge in [0.25, 0.3) is 0 Å². The Morgan fingerprint density at radius 2 is 2.36 bits per heavy atom. The Hall–Kier alpha value is -1.29. The lowest BCUT2D eigenvalue weighted by atomic mass is 9.96. The second kappa shape index (κ2) is 3.46. The molecule has 4 heteroatoms. The van der Waals surface area contributed by atoms with Gasteiger partial charge in [-0.2, -0.15) is 0 Å². The molecular weight excluding hydrogens is 173 g/mol. The van der Waals surface area contributed by atoms with Crippen LogP contribution in [0.5, 0.6) is 0 Å². The monoisotopic (exact) mass is 185 g/mol. The predicted octanol–water partition coefficient (Wildman–Crippen LogP) is 0.156. The first-order valence-corrected chi connectivity index (χ1v) is 4.59. The van der Waals surface area contributed by atoms with Gasteiger partial charge in [0.05, 0.1) is 11.9 Å². The summed E-state index contributed by atoms with van der Waals surface area (Å²) in [6, 6.07) is 1.94. The summed E-state index contributed by atoms with van der Waals surface area (Å²) in [5.41, 5.74) is 3.83. The molecule has 0 atom stereocenters. The Morgan fingerprint density at radius 3 is 3.07 bits per heavy atom. The number of fused-ring (bicyclic) bond motifs is 1. The Labute approximate surface area is 84.6 Å². The van der Waals surface area contributed by atoms with Crippen LogP contribution in [0, 0.1) is 6.92 Å². The molecule has 2 heterocycles. The maximum atomic E-state index is 5.86. The third kappa shape index (κ3) is 1.42. The predicted molar refractivity (Wildman–Crippen MR) is 58.1 cm³/mol. The van der Waals surface area contributed by atoms with E-state index in [1.165, 1.54) is 0 Å². The molecule has 0 fully saturated rings. The second-order valence-electron chi connectivity index (χ2n) is 3.45. The van der Waals surface area contributed by atoms with E-state index in [-0.39, 0.29) is 0 Å². The average Bonchev–Trinajstić information content (AvgIpc) is 2.49. The van der Waals surface area contributed by atoms with Crippen molar-refractivity contribution in [3.63, 3.8) is 0 Å². The lowest BCUT2D eigenvalue weighted by Gasteiger charge is -2.04. The van der Waals surface area contributed by atoms with Gasteiger partial charge in [0.1, 0.15) is 13.5 Å². The van der Waals surface area contributed by atoms with E-state index >= 15 is 0 Å². The van der Waals surface area contributed by atoms with Crippen molar-refractivity contribution >= 4 is 19.0 Å². The molecule has 0 spiro atoms. The van der Waals surface area contributed by atoms with Gasteiger partial charge in [-0.05, 0) is 19.5 Å². The first-order chi connectivity index (χ1) is 6.72. The molecule has 3 nitrogen and oxygen atoms in total. The van der Waals surface area contributed by atoms with Gasteiger partial charge in [0.2, 0.25) is 0 Å². The fraction of sp³-hybridized carbons (Fsp3) is 0.300. The lowest BCUT2D eigenvalue weighted by molar-refractivity contribution is 0.782. The van der Waals surface area contributed by atoms with Crippen LogP contribution in [-0.2, 0) is 6.54 Å². The normalized spacial score (nSPS) is 11.0. The number of nitrogens with one attached hydrogen (secondary N) is 1. The first kappa shape index (κ1) is 9.28. The van der Waals surface area contributed by atoms with E-state index in [0.29, 0.717) is 0 Å². The van der Waals surface area contributed by atoms with Crippen LogP contribution >= 0.6 is 0 Å². The van der Waals surface area contributed by atoms with Crippen molar-refractivity contribution in [2.45, 2.75) is 13.5 Å². The Bertz CT molecular complexity index is 462. The SMILES string of the molecule is [B]c1cc(C)cn2c(CNC)cnc12. The van der Waals surface area contributed by atoms with E-state index < -0.39 is 0 Å². The molecular formula is C10H12BN3. The topological polar surface area (TPSA) is 29.3 Å². The molecule has 0 unspecified atom stereocenters. The number of aryl methyl sites for hydroxylation is 1. The summed E-state index contributed by atoms with van der Waals surface area (Å²) in [5, 5.41) is 3.10. The van der Waals surface area contributed by atoms with Crippen LogP contribution in [0.25, 0.3) is 5.65 Å². The third-order valence-electron chi connectivity index (χ3n) is 2.21. The highest BCUT2D eigenvalue weighted by Gasteiger charge is 2.04. The Kier molecular flexibility index (Phi) is 2.29. The third-order valence-corrected chi connectivity index (χ3v) is 2.21. The minimum atomic E-state index is 0.729. The van der Waals surface area contributed by atoms with E-state index in [9.17, 15) is 0 Å². The number of nitrogens with zero attached hydrogens (tertiary/aromatic N) is 2. The molecule has 0 saturated heterocycles. The Morgan fingerprint density at radius 1 is 1.57 bits per heavy atom. The molecule has 1 N–H and O–H groups in total. The summed E-state index contributed by atoms with van der Waals surface area (Å²) in [7, 11) is 7.78. The molecule has 0 aliphatic heterocycles. The summed E-state index contributed by atoms with van der Waals surface area (Å²) >= 11 is 0. The summed E-state index contributed by atoms with van der Waals surface area (Å²) in [5.74, 6) is 0. The molecule has 2 aromatic heterocycles. The van der Waals surface area contributed by atoms with Crippen molar-refractivity contribution in [2.75, 3.05) is 7.05 Å². The largest absolute Gasteiger partial charge is 0.314 e. The van der Waals surface area contributed by atoms with Gasteiger partial charge in [-0.3, -0.25) is 0 Å². The van der Waals surface area contributed by atoms with Crippen LogP contribution in [-0.4, -0.2) is 24.3 Å². The molecule has 0 amide bonds. The molecule has 0 bridgehead atoms. The van der Waals surface area contributed by atoms with Crippen LogP contribution < -0.4 is 10.8 Å². The van der Waals surface area contributed by atoms with Gasteiger partial charge in [0.15, 0.2) is 0 Å². The van der Waals surface area contributed by atoms with Crippen molar-refractivity contribution in [1.82, 2.24) is 14.7 Å². The Balaban J connectivity index is 2.66. The second-order valence-corrected chi connectivity index (χ2v) is 3.45. The van der Waals surface area contributed by atoms with Gasteiger partial charge in [-0.25, -0.2) is 4.98 Å². The summed E-state index contributed by atoms with van der Waals surface area (Å²) < 4.78 is 2.03. The van der Waals surface area contributed by atoms with Gasteiger partial charge >= 0.3 is 0 Å². The van der Waals surface area contributed by atoms with E-state index in [1.54, 1.807) is 0 Å². The van der Waals surface area contributed by atoms with Gasteiger partial charge in [-0.1, -0.05) is 11.5 Å². The minimum absolute atomic E-state index is 0.729. The molecule has 0 aliphatic carbocycles. The number of aromatic nitrogens is 2. The quantitative estimate of drug-likeness (QED) is 0.675. The molecule has 0 aromatic carbocycles. The molecule has 2 rings (SSSR count). The molecule has 0 saturated carbocycles. The fourth-order valence-corrected chi connectivity index (χ4v) is 1.62. The van der Waals surface area contributed by atoms with E-state index in [0.717, 1.165) is 28.9 Å². The summed E-state index contributed by atoms with van der Waals surface area (Å²) in [4.78, 5) is 4.28. The van der Waals surface area contributed by atoms with Crippen molar-refractivity contribution in [2.24, 2.45) is 0 Å². The van der Waals surface area contributed by atoms with E-state index in [2.05, 4.69) is 10.3 Å². The maximum Gasteiger partial charge on any atom is 0.129 e. The zero-order valence-corrected chi connectivity index (χ0v) is 8.41. The molecule has 70 valence electrons. The number of hydrogen-bond acceptors (Lipinski definition) is 2. The molecule has 0 aliphatic rings. The van der Waals surface area contributed by atoms with Crippen molar-refractivity contribution < 1.29 is 0 Å². The zero-order chi connectivity index (χ0) is 10.1. The highest BCUT2D eigenvalue weighted by Crippen LogP contribution is 2.06. The average molecular weight is 185 g/mol. The van der Waals surface area contributed by atoms with Gasteiger partial charge in [0, 0.05) is 12.7 Å². The highest BCUT2D eigenvalue weighted by atomic mass is 15.0. The molecule has 14 heavy (non-hydrogen) atoms. The fourth-order valence-electron chi connectivity index (χ4n) is 1.62. The van der Waals surface area contributed by atoms with Crippen LogP contribution in [0.1, 0.15) is 11.3 Å². The van der Waals surface area contributed by atoms with Crippen molar-refractivity contribution in [1.29, 1.82) is 0 Å². The van der Waals surface area contributed by atoms with Crippen molar-refractivity contribution in [3.05, 3.63) is 29.7 Å². The van der Waals surface area contributed by atoms with E-state index in [1.807, 2.05) is 36.8 Å². The number of imidazole rings is 1. The van der Waals surface area contributed by atoms with Crippen LogP contribution in [0.15, 0.2) is 18.5 Å². The lowest BCUT2D eigenvalue weighted by Crippen LogP contribution is -2.12. The standard InChI is InChI=1S/C10H12BN3/c1-7-3-9(11)10-13-5-8(4-12-2)14(10)6-7/h3,5-6,12H,4H2,1-2H3. The summed E-state index contributed by atoms with van der Waals surface area (Å²) in [6.45, 7) is 2.82. The van der Waals surface area contributed by atoms with E-state index in [4.69, 9.17) is 7.85 Å². The highest BCUT2D eigenvalue weighted by molar-refractivity contribution is 6.36. The smallest absolute Gasteiger partial charge is 0.129 e. The summed E-state index contributed by atoms with van der Waals surface area (Å²) in [6.07, 6.45) is 3.90. The van der Waals surface area contributed by atoms with Gasteiger partial charge < -0.3 is 9.72 Å². The number of pyridine rings is 1. The van der Waals surface area contributed by atoms with Crippen LogP contribution in [0.4, 0.5) is 0 Å². The first-order valence-electron chi connectivity index (χ1n) is 4.59. The minimum Gasteiger partial charge on any atom is -0.314 e. The van der Waals surface area contributed by atoms with Crippen molar-refractivity contribution in [3.8, 4) is 0 Å². The molecule has 2 radical (unpaired) electrons. The number of hydrogen-bond donors (Lipinski definition) is 1. The van der Waals surface area contributed by atoms with Crippen LogP contribution in [0.3, 0.4) is 0 Å². The zero-order valence-electron chi connectivity index (χ0n) is 8.41. The maximum absolute atomic E-state index is 5.86. The molecule has 2 aromatic rings. The van der Waals surface area contributed by atoms with Crippen LogP contribution in [0.2, 0.25) is 0 Å². The number of rotatable bonds is 2. The van der Waals surface area contributed by atoms with Gasteiger partial charge in [-0.15, -0.1) is 0 Å².